The second kappa shape index (κ2) is 7.83. The van der Waals surface area contributed by atoms with Gasteiger partial charge in [0.25, 0.3) is 5.91 Å². The number of rotatable bonds is 4. The third-order valence-electron chi connectivity index (χ3n) is 3.29. The molecular formula is C17H11BrCl2N2O2S. The number of thioether (sulfide) groups is 1. The van der Waals surface area contributed by atoms with Crippen molar-refractivity contribution in [3.8, 4) is 5.75 Å². The molecule has 0 fully saturated rings. The summed E-state index contributed by atoms with van der Waals surface area (Å²) in [5, 5.41) is 1.28. The molecule has 1 aliphatic heterocycles. The average molecular weight is 458 g/mol. The van der Waals surface area contributed by atoms with Crippen molar-refractivity contribution >= 4 is 68.0 Å². The van der Waals surface area contributed by atoms with Crippen LogP contribution in [-0.2, 0) is 11.4 Å². The molecule has 4 nitrogen and oxygen atoms in total. The summed E-state index contributed by atoms with van der Waals surface area (Å²) in [5.74, 6) is 0.152. The summed E-state index contributed by atoms with van der Waals surface area (Å²) in [4.78, 5) is 15.8. The largest absolute Gasteiger partial charge is 0.486 e. The maximum atomic E-state index is 11.7. The monoisotopic (exact) mass is 456 g/mol. The van der Waals surface area contributed by atoms with Gasteiger partial charge in [-0.1, -0.05) is 41.4 Å². The maximum absolute atomic E-state index is 11.7. The van der Waals surface area contributed by atoms with Gasteiger partial charge in [-0.25, -0.2) is 0 Å². The molecular weight excluding hydrogens is 447 g/mol. The number of amides is 1. The highest BCUT2D eigenvalue weighted by Crippen LogP contribution is 2.37. The molecule has 3 rings (SSSR count). The van der Waals surface area contributed by atoms with Gasteiger partial charge in [-0.05, 0) is 57.5 Å². The topological polar surface area (TPSA) is 64.7 Å². The highest BCUT2D eigenvalue weighted by molar-refractivity contribution is 9.10. The minimum Gasteiger partial charge on any atom is -0.486 e. The van der Waals surface area contributed by atoms with Crippen LogP contribution in [0.1, 0.15) is 11.1 Å². The first kappa shape index (κ1) is 18.3. The van der Waals surface area contributed by atoms with Crippen molar-refractivity contribution in [2.24, 2.45) is 10.7 Å². The van der Waals surface area contributed by atoms with Crippen LogP contribution >= 0.6 is 50.9 Å². The predicted molar refractivity (Wildman–Crippen MR) is 107 cm³/mol. The van der Waals surface area contributed by atoms with Gasteiger partial charge in [0.05, 0.1) is 14.4 Å². The molecule has 1 amide bonds. The Morgan fingerprint density at radius 1 is 1.24 bits per heavy atom. The lowest BCUT2D eigenvalue weighted by atomic mass is 10.2. The Bertz CT molecular complexity index is 892. The number of nitrogens with zero attached hydrogens (tertiary/aromatic N) is 1. The third kappa shape index (κ3) is 4.39. The van der Waals surface area contributed by atoms with Crippen molar-refractivity contribution in [1.29, 1.82) is 0 Å². The summed E-state index contributed by atoms with van der Waals surface area (Å²) in [6.45, 7) is 0.289. The van der Waals surface area contributed by atoms with E-state index in [1.54, 1.807) is 18.2 Å². The SMILES string of the molecule is NC1=NC(=O)/C(=C/c2cc(Cl)c(OCc3ccccc3Cl)c(Br)c2)S1. The average Bonchev–Trinajstić information content (AvgIpc) is 2.85. The minimum absolute atomic E-state index is 0.237. The van der Waals surface area contributed by atoms with E-state index < -0.39 is 0 Å². The smallest absolute Gasteiger partial charge is 0.286 e. The minimum atomic E-state index is -0.353. The van der Waals surface area contributed by atoms with E-state index in [-0.39, 0.29) is 17.7 Å². The lowest BCUT2D eigenvalue weighted by molar-refractivity contribution is -0.113. The molecule has 0 saturated heterocycles. The van der Waals surface area contributed by atoms with Crippen LogP contribution in [0.25, 0.3) is 6.08 Å². The highest BCUT2D eigenvalue weighted by atomic mass is 79.9. The normalized spacial score (nSPS) is 15.6. The molecule has 1 aliphatic rings. The van der Waals surface area contributed by atoms with Gasteiger partial charge in [0.1, 0.15) is 6.61 Å². The zero-order valence-electron chi connectivity index (χ0n) is 12.6. The number of hydrogen-bond donors (Lipinski definition) is 1. The van der Waals surface area contributed by atoms with Gasteiger partial charge in [0.2, 0.25) is 0 Å². The first-order chi connectivity index (χ1) is 11.9. The Kier molecular flexibility index (Phi) is 5.74. The Balaban J connectivity index is 1.80. The van der Waals surface area contributed by atoms with Gasteiger partial charge in [-0.15, -0.1) is 0 Å². The van der Waals surface area contributed by atoms with Crippen molar-refractivity contribution in [2.75, 3.05) is 0 Å². The third-order valence-corrected chi connectivity index (χ3v) is 5.34. The number of halogens is 3. The van der Waals surface area contributed by atoms with Crippen LogP contribution in [-0.4, -0.2) is 11.1 Å². The molecule has 0 aliphatic carbocycles. The summed E-state index contributed by atoms with van der Waals surface area (Å²) in [7, 11) is 0. The van der Waals surface area contributed by atoms with Crippen LogP contribution in [0.15, 0.2) is 50.8 Å². The Labute approximate surface area is 167 Å². The summed E-state index contributed by atoms with van der Waals surface area (Å²) in [5.41, 5.74) is 7.14. The van der Waals surface area contributed by atoms with Crippen molar-refractivity contribution in [3.05, 3.63) is 66.9 Å². The van der Waals surface area contributed by atoms with Crippen LogP contribution in [0.4, 0.5) is 0 Å². The quantitative estimate of drug-likeness (QED) is 0.635. The van der Waals surface area contributed by atoms with Gasteiger partial charge in [0, 0.05) is 10.6 Å². The molecule has 2 N–H and O–H groups in total. The molecule has 0 aromatic heterocycles. The number of hydrogen-bond acceptors (Lipinski definition) is 4. The highest BCUT2D eigenvalue weighted by Gasteiger charge is 2.20. The molecule has 25 heavy (non-hydrogen) atoms. The molecule has 1 heterocycles. The first-order valence-electron chi connectivity index (χ1n) is 7.07. The number of benzene rings is 2. The van der Waals surface area contributed by atoms with Crippen LogP contribution in [0.5, 0.6) is 5.75 Å². The van der Waals surface area contributed by atoms with Crippen LogP contribution in [0.3, 0.4) is 0 Å². The lowest BCUT2D eigenvalue weighted by Crippen LogP contribution is -2.01. The second-order valence-corrected chi connectivity index (χ2v) is 7.79. The molecule has 0 radical (unpaired) electrons. The molecule has 0 unspecified atom stereocenters. The van der Waals surface area contributed by atoms with Gasteiger partial charge in [0.15, 0.2) is 10.9 Å². The summed E-state index contributed by atoms with van der Waals surface area (Å²) < 4.78 is 6.47. The fraction of sp³-hybridized carbons (Fsp3) is 0.0588. The molecule has 0 spiro atoms. The van der Waals surface area contributed by atoms with Gasteiger partial charge in [-0.2, -0.15) is 4.99 Å². The van der Waals surface area contributed by atoms with Crippen molar-refractivity contribution in [3.63, 3.8) is 0 Å². The van der Waals surface area contributed by atoms with E-state index in [1.165, 1.54) is 0 Å². The van der Waals surface area contributed by atoms with E-state index in [9.17, 15) is 4.79 Å². The molecule has 0 saturated carbocycles. The maximum Gasteiger partial charge on any atom is 0.286 e. The van der Waals surface area contributed by atoms with E-state index in [0.717, 1.165) is 22.9 Å². The van der Waals surface area contributed by atoms with E-state index in [0.29, 0.717) is 25.2 Å². The fourth-order valence-electron chi connectivity index (χ4n) is 2.14. The van der Waals surface area contributed by atoms with Crippen LogP contribution in [0, 0.1) is 0 Å². The number of carbonyl (C=O) groups is 1. The van der Waals surface area contributed by atoms with E-state index in [2.05, 4.69) is 20.9 Å². The van der Waals surface area contributed by atoms with E-state index in [1.807, 2.05) is 24.3 Å². The Morgan fingerprint density at radius 3 is 2.64 bits per heavy atom. The first-order valence-corrected chi connectivity index (χ1v) is 9.44. The fourth-order valence-corrected chi connectivity index (χ4v) is 4.00. The van der Waals surface area contributed by atoms with Crippen LogP contribution < -0.4 is 10.5 Å². The molecule has 0 atom stereocenters. The Morgan fingerprint density at radius 2 is 2.00 bits per heavy atom. The predicted octanol–water partition coefficient (Wildman–Crippen LogP) is 5.26. The summed E-state index contributed by atoms with van der Waals surface area (Å²) in [6, 6.07) is 11.0. The summed E-state index contributed by atoms with van der Waals surface area (Å²) in [6.07, 6.45) is 1.69. The molecule has 128 valence electrons. The number of ether oxygens (including phenoxy) is 1. The molecule has 0 bridgehead atoms. The van der Waals surface area contributed by atoms with Crippen molar-refractivity contribution in [2.45, 2.75) is 6.61 Å². The molecule has 2 aromatic rings. The van der Waals surface area contributed by atoms with Gasteiger partial charge in [-0.3, -0.25) is 4.79 Å². The standard InChI is InChI=1S/C17H11BrCl2N2O2S/c18-11-5-9(7-14-16(23)22-17(21)25-14)6-13(20)15(11)24-8-10-3-1-2-4-12(10)19/h1-7H,8H2,(H2,21,22,23)/b14-7-. The molecule has 2 aromatic carbocycles. The van der Waals surface area contributed by atoms with Crippen molar-refractivity contribution in [1.82, 2.24) is 0 Å². The van der Waals surface area contributed by atoms with Gasteiger partial charge < -0.3 is 10.5 Å². The molecule has 8 heteroatoms. The zero-order valence-corrected chi connectivity index (χ0v) is 16.5. The van der Waals surface area contributed by atoms with E-state index in [4.69, 9.17) is 33.7 Å². The number of nitrogens with two attached hydrogens (primary N) is 1. The Hall–Kier alpha value is -1.47. The number of aliphatic imine (C=N–C) groups is 1. The number of amidine groups is 1. The number of carbonyl (C=O) groups excluding carboxylic acids is 1. The zero-order chi connectivity index (χ0) is 18.0. The van der Waals surface area contributed by atoms with Crippen LogP contribution in [0.2, 0.25) is 10.0 Å². The lowest BCUT2D eigenvalue weighted by Gasteiger charge is -2.12. The van der Waals surface area contributed by atoms with Gasteiger partial charge >= 0.3 is 0 Å². The summed E-state index contributed by atoms with van der Waals surface area (Å²) >= 11 is 17.0. The van der Waals surface area contributed by atoms with Crippen molar-refractivity contribution < 1.29 is 9.53 Å². The second-order valence-electron chi connectivity index (χ2n) is 5.06. The van der Waals surface area contributed by atoms with E-state index >= 15 is 0 Å².